The Balaban J connectivity index is 0.00000320. The predicted octanol–water partition coefficient (Wildman–Crippen LogP) is 2.96. The topological polar surface area (TPSA) is 65.0 Å². The van der Waals surface area contributed by atoms with Gasteiger partial charge < -0.3 is 20.3 Å². The van der Waals surface area contributed by atoms with Gasteiger partial charge in [-0.05, 0) is 30.5 Å². The fraction of sp³-hybridized carbons (Fsp3) is 0.524. The summed E-state index contributed by atoms with van der Waals surface area (Å²) in [4.78, 5) is 15.3. The molecule has 0 aliphatic carbocycles. The normalized spacial score (nSPS) is 15.9. The van der Waals surface area contributed by atoms with Gasteiger partial charge in [0, 0.05) is 45.2 Å². The Morgan fingerprint density at radius 1 is 1.23 bits per heavy atom. The number of halogens is 1. The van der Waals surface area contributed by atoms with E-state index in [0.717, 1.165) is 56.9 Å². The van der Waals surface area contributed by atoms with Crippen LogP contribution in [-0.2, 0) is 11.3 Å². The fourth-order valence-electron chi connectivity index (χ4n) is 3.28. The van der Waals surface area contributed by atoms with Crippen LogP contribution in [0.1, 0.15) is 23.5 Å². The lowest BCUT2D eigenvalue weighted by molar-refractivity contribution is 0.0177. The molecule has 2 N–H and O–H groups in total. The molecule has 1 saturated heterocycles. The maximum atomic E-state index is 5.54. The molecule has 0 spiro atoms. The van der Waals surface area contributed by atoms with Gasteiger partial charge in [-0.3, -0.25) is 4.90 Å². The van der Waals surface area contributed by atoms with Crippen LogP contribution in [0, 0.1) is 0 Å². The molecule has 166 valence electrons. The van der Waals surface area contributed by atoms with Gasteiger partial charge >= 0.3 is 0 Å². The smallest absolute Gasteiger partial charge is 0.191 e. The summed E-state index contributed by atoms with van der Waals surface area (Å²) in [7, 11) is 3.99. The number of morpholine rings is 1. The molecule has 1 atom stereocenters. The summed E-state index contributed by atoms with van der Waals surface area (Å²) in [5.41, 5.74) is 0.955. The summed E-state index contributed by atoms with van der Waals surface area (Å²) in [6, 6.07) is 10.7. The van der Waals surface area contributed by atoms with Crippen molar-refractivity contribution in [2.75, 3.05) is 58.4 Å². The summed E-state index contributed by atoms with van der Waals surface area (Å²) in [5, 5.41) is 9.04. The predicted molar refractivity (Wildman–Crippen MR) is 136 cm³/mol. The van der Waals surface area contributed by atoms with Gasteiger partial charge in [0.2, 0.25) is 0 Å². The van der Waals surface area contributed by atoms with Gasteiger partial charge in [-0.2, -0.15) is 0 Å². The minimum Gasteiger partial charge on any atom is -0.379 e. The molecule has 30 heavy (non-hydrogen) atoms. The SMILES string of the molecule is CCNC(=NCc1cccc(N(C)C)n1)NCC(c1cccs1)N1CCOCC1.I. The van der Waals surface area contributed by atoms with Crippen LogP contribution in [0.3, 0.4) is 0 Å². The van der Waals surface area contributed by atoms with E-state index in [2.05, 4.69) is 45.0 Å². The second-order valence-electron chi connectivity index (χ2n) is 7.14. The van der Waals surface area contributed by atoms with E-state index >= 15 is 0 Å². The highest BCUT2D eigenvalue weighted by molar-refractivity contribution is 14.0. The highest BCUT2D eigenvalue weighted by atomic mass is 127. The number of anilines is 1. The summed E-state index contributed by atoms with van der Waals surface area (Å²) in [5.74, 6) is 1.76. The molecule has 0 radical (unpaired) electrons. The first kappa shape index (κ1) is 24.8. The number of hydrogen-bond donors (Lipinski definition) is 2. The van der Waals surface area contributed by atoms with Gasteiger partial charge in [0.15, 0.2) is 5.96 Å². The highest BCUT2D eigenvalue weighted by Crippen LogP contribution is 2.25. The molecule has 1 aliphatic rings. The molecule has 1 fully saturated rings. The van der Waals surface area contributed by atoms with Crippen LogP contribution < -0.4 is 15.5 Å². The van der Waals surface area contributed by atoms with E-state index in [1.165, 1.54) is 4.88 Å². The summed E-state index contributed by atoms with van der Waals surface area (Å²) in [6.07, 6.45) is 0. The number of ether oxygens (including phenoxy) is 1. The van der Waals surface area contributed by atoms with Gasteiger partial charge in [-0.25, -0.2) is 9.98 Å². The van der Waals surface area contributed by atoms with E-state index in [1.807, 2.05) is 37.2 Å². The number of hydrogen-bond acceptors (Lipinski definition) is 6. The van der Waals surface area contributed by atoms with Crippen molar-refractivity contribution in [3.63, 3.8) is 0 Å². The van der Waals surface area contributed by atoms with Crippen LogP contribution in [0.25, 0.3) is 0 Å². The van der Waals surface area contributed by atoms with E-state index in [4.69, 9.17) is 9.73 Å². The highest BCUT2D eigenvalue weighted by Gasteiger charge is 2.23. The first-order valence-corrected chi connectivity index (χ1v) is 11.1. The lowest BCUT2D eigenvalue weighted by Gasteiger charge is -2.34. The summed E-state index contributed by atoms with van der Waals surface area (Å²) < 4.78 is 5.54. The van der Waals surface area contributed by atoms with Gasteiger partial charge in [0.25, 0.3) is 0 Å². The van der Waals surface area contributed by atoms with Crippen LogP contribution in [0.2, 0.25) is 0 Å². The zero-order valence-corrected chi connectivity index (χ0v) is 21.2. The average Bonchev–Trinajstić information content (AvgIpc) is 3.27. The van der Waals surface area contributed by atoms with Crippen LogP contribution in [-0.4, -0.2) is 69.3 Å². The van der Waals surface area contributed by atoms with Crippen molar-refractivity contribution < 1.29 is 4.74 Å². The first-order valence-electron chi connectivity index (χ1n) is 10.2. The van der Waals surface area contributed by atoms with Gasteiger partial charge in [0.1, 0.15) is 5.82 Å². The zero-order valence-electron chi connectivity index (χ0n) is 18.0. The molecular weight excluding hydrogens is 511 g/mol. The van der Waals surface area contributed by atoms with Gasteiger partial charge in [0.05, 0.1) is 31.5 Å². The molecule has 2 aromatic rings. The van der Waals surface area contributed by atoms with Gasteiger partial charge in [-0.1, -0.05) is 12.1 Å². The van der Waals surface area contributed by atoms with E-state index in [-0.39, 0.29) is 24.0 Å². The average molecular weight is 545 g/mol. The third kappa shape index (κ3) is 7.36. The fourth-order valence-corrected chi connectivity index (χ4v) is 4.14. The molecule has 1 aliphatic heterocycles. The number of aromatic nitrogens is 1. The Morgan fingerprint density at radius 2 is 2.03 bits per heavy atom. The molecule has 2 aromatic heterocycles. The number of aliphatic imine (C=N–C) groups is 1. The van der Waals surface area contributed by atoms with Crippen molar-refractivity contribution in [3.05, 3.63) is 46.3 Å². The third-order valence-electron chi connectivity index (χ3n) is 4.81. The number of rotatable bonds is 8. The number of nitrogens with zero attached hydrogens (tertiary/aromatic N) is 4. The lowest BCUT2D eigenvalue weighted by atomic mass is 10.2. The maximum Gasteiger partial charge on any atom is 0.191 e. The third-order valence-corrected chi connectivity index (χ3v) is 5.79. The van der Waals surface area contributed by atoms with Crippen LogP contribution >= 0.6 is 35.3 Å². The maximum absolute atomic E-state index is 5.54. The summed E-state index contributed by atoms with van der Waals surface area (Å²) in [6.45, 7) is 7.75. The van der Waals surface area contributed by atoms with Crippen molar-refractivity contribution >= 4 is 47.1 Å². The Bertz CT molecular complexity index is 765. The molecule has 0 saturated carbocycles. The Kier molecular flexibility index (Phi) is 10.8. The lowest BCUT2D eigenvalue weighted by Crippen LogP contribution is -2.46. The van der Waals surface area contributed by atoms with Crippen molar-refractivity contribution in [3.8, 4) is 0 Å². The zero-order chi connectivity index (χ0) is 20.5. The molecule has 0 aromatic carbocycles. The Labute approximate surface area is 200 Å². The summed E-state index contributed by atoms with van der Waals surface area (Å²) >= 11 is 1.81. The number of guanidine groups is 1. The van der Waals surface area contributed by atoms with Gasteiger partial charge in [-0.15, -0.1) is 35.3 Å². The van der Waals surface area contributed by atoms with Crippen LogP contribution in [0.15, 0.2) is 40.7 Å². The Hall–Kier alpha value is -1.43. The number of thiophene rings is 1. The molecule has 3 heterocycles. The Morgan fingerprint density at radius 3 is 2.70 bits per heavy atom. The van der Waals surface area contributed by atoms with E-state index in [1.54, 1.807) is 11.3 Å². The molecule has 9 heteroatoms. The standard InChI is InChI=1S/C21H32N6OS.HI/c1-4-22-21(23-15-17-7-5-9-20(25-17)26(2)3)24-16-18(19-8-6-14-29-19)27-10-12-28-13-11-27;/h5-9,14,18H,4,10-13,15-16H2,1-3H3,(H2,22,23,24);1H. The largest absolute Gasteiger partial charge is 0.379 e. The van der Waals surface area contributed by atoms with Crippen molar-refractivity contribution in [2.45, 2.75) is 19.5 Å². The molecule has 3 rings (SSSR count). The van der Waals surface area contributed by atoms with E-state index < -0.39 is 0 Å². The molecule has 0 bridgehead atoms. The van der Waals surface area contributed by atoms with Crippen molar-refractivity contribution in [1.82, 2.24) is 20.5 Å². The molecular formula is C21H33IN6OS. The number of nitrogens with one attached hydrogen (secondary N) is 2. The molecule has 0 amide bonds. The van der Waals surface area contributed by atoms with Crippen LogP contribution in [0.5, 0.6) is 0 Å². The number of pyridine rings is 1. The minimum atomic E-state index is 0. The molecule has 7 nitrogen and oxygen atoms in total. The van der Waals surface area contributed by atoms with E-state index in [9.17, 15) is 0 Å². The first-order chi connectivity index (χ1) is 14.2. The van der Waals surface area contributed by atoms with Crippen molar-refractivity contribution in [2.24, 2.45) is 4.99 Å². The van der Waals surface area contributed by atoms with Crippen molar-refractivity contribution in [1.29, 1.82) is 0 Å². The quantitative estimate of drug-likeness (QED) is 0.303. The monoisotopic (exact) mass is 544 g/mol. The second kappa shape index (κ2) is 13.1. The second-order valence-corrected chi connectivity index (χ2v) is 8.12. The minimum absolute atomic E-state index is 0. The van der Waals surface area contributed by atoms with Crippen LogP contribution in [0.4, 0.5) is 5.82 Å². The van der Waals surface area contributed by atoms with E-state index in [0.29, 0.717) is 12.6 Å². The molecule has 1 unspecified atom stereocenters.